The molecule has 0 saturated carbocycles. The predicted molar refractivity (Wildman–Crippen MR) is 83.0 cm³/mol. The number of nitrogens with zero attached hydrogens (tertiary/aromatic N) is 2. The molecule has 108 valence electrons. The number of hydrogen-bond donors (Lipinski definition) is 1. The SMILES string of the molecule is O=C(Nc1cnc(Cl)c(Br)c1)c1ccc(Cl)cc1[N+](=O)[O-]. The Labute approximate surface area is 137 Å². The highest BCUT2D eigenvalue weighted by molar-refractivity contribution is 9.10. The number of pyridine rings is 1. The van der Waals surface area contributed by atoms with Gasteiger partial charge in [0.05, 0.1) is 21.3 Å². The van der Waals surface area contributed by atoms with Gasteiger partial charge in [0.25, 0.3) is 11.6 Å². The van der Waals surface area contributed by atoms with E-state index in [0.717, 1.165) is 6.07 Å². The highest BCUT2D eigenvalue weighted by Crippen LogP contribution is 2.26. The zero-order valence-corrected chi connectivity index (χ0v) is 13.2. The number of carbonyl (C=O) groups excluding carboxylic acids is 1. The summed E-state index contributed by atoms with van der Waals surface area (Å²) >= 11 is 14.6. The normalized spacial score (nSPS) is 10.2. The lowest BCUT2D eigenvalue weighted by Crippen LogP contribution is -2.14. The van der Waals surface area contributed by atoms with E-state index in [1.54, 1.807) is 0 Å². The Kier molecular flexibility index (Phi) is 4.76. The molecule has 0 fully saturated rings. The van der Waals surface area contributed by atoms with E-state index in [0.29, 0.717) is 10.2 Å². The van der Waals surface area contributed by atoms with Crippen molar-refractivity contribution in [2.75, 3.05) is 5.32 Å². The molecule has 21 heavy (non-hydrogen) atoms. The molecule has 0 saturated heterocycles. The first-order valence-corrected chi connectivity index (χ1v) is 6.99. The molecular weight excluding hydrogens is 385 g/mol. The first-order valence-electron chi connectivity index (χ1n) is 5.45. The van der Waals surface area contributed by atoms with Crippen molar-refractivity contribution in [3.8, 4) is 0 Å². The van der Waals surface area contributed by atoms with Crippen LogP contribution in [-0.4, -0.2) is 15.8 Å². The van der Waals surface area contributed by atoms with Gasteiger partial charge in [0.2, 0.25) is 0 Å². The summed E-state index contributed by atoms with van der Waals surface area (Å²) in [6.45, 7) is 0. The van der Waals surface area contributed by atoms with E-state index in [9.17, 15) is 14.9 Å². The van der Waals surface area contributed by atoms with Crippen LogP contribution >= 0.6 is 39.1 Å². The first kappa shape index (κ1) is 15.7. The molecule has 1 aromatic heterocycles. The second kappa shape index (κ2) is 6.38. The quantitative estimate of drug-likeness (QED) is 0.480. The lowest BCUT2D eigenvalue weighted by molar-refractivity contribution is -0.385. The van der Waals surface area contributed by atoms with E-state index in [1.165, 1.54) is 24.4 Å². The van der Waals surface area contributed by atoms with Gasteiger partial charge in [0.15, 0.2) is 0 Å². The molecule has 0 spiro atoms. The van der Waals surface area contributed by atoms with E-state index in [-0.39, 0.29) is 21.4 Å². The Morgan fingerprint density at radius 2 is 2.05 bits per heavy atom. The van der Waals surface area contributed by atoms with Crippen LogP contribution < -0.4 is 5.32 Å². The number of anilines is 1. The summed E-state index contributed by atoms with van der Waals surface area (Å²) in [5.41, 5.74) is -0.128. The van der Waals surface area contributed by atoms with Gasteiger partial charge in [-0.05, 0) is 34.1 Å². The minimum atomic E-state index is -0.670. The molecule has 0 radical (unpaired) electrons. The number of hydrogen-bond acceptors (Lipinski definition) is 4. The van der Waals surface area contributed by atoms with Gasteiger partial charge in [-0.15, -0.1) is 0 Å². The topological polar surface area (TPSA) is 85.1 Å². The van der Waals surface area contributed by atoms with Gasteiger partial charge < -0.3 is 5.32 Å². The third-order valence-corrected chi connectivity index (χ3v) is 3.82. The zero-order chi connectivity index (χ0) is 15.6. The molecule has 0 aliphatic heterocycles. The molecule has 1 amide bonds. The van der Waals surface area contributed by atoms with Crippen LogP contribution in [0.25, 0.3) is 0 Å². The largest absolute Gasteiger partial charge is 0.320 e. The van der Waals surface area contributed by atoms with E-state index >= 15 is 0 Å². The molecule has 9 heteroatoms. The Balaban J connectivity index is 2.32. The second-order valence-electron chi connectivity index (χ2n) is 3.87. The second-order valence-corrected chi connectivity index (χ2v) is 5.52. The summed E-state index contributed by atoms with van der Waals surface area (Å²) in [5, 5.41) is 13.9. The highest BCUT2D eigenvalue weighted by atomic mass is 79.9. The van der Waals surface area contributed by atoms with E-state index < -0.39 is 10.8 Å². The van der Waals surface area contributed by atoms with Crippen molar-refractivity contribution in [1.82, 2.24) is 4.98 Å². The fraction of sp³-hybridized carbons (Fsp3) is 0. The van der Waals surface area contributed by atoms with Crippen LogP contribution in [-0.2, 0) is 0 Å². The molecule has 0 atom stereocenters. The fourth-order valence-corrected chi connectivity index (χ4v) is 2.15. The molecule has 1 N–H and O–H groups in total. The van der Waals surface area contributed by atoms with Crippen molar-refractivity contribution < 1.29 is 9.72 Å². The average molecular weight is 391 g/mol. The van der Waals surface area contributed by atoms with Crippen LogP contribution in [0.15, 0.2) is 34.9 Å². The maximum Gasteiger partial charge on any atom is 0.283 e. The van der Waals surface area contributed by atoms with Gasteiger partial charge in [-0.25, -0.2) is 4.98 Å². The van der Waals surface area contributed by atoms with Crippen LogP contribution in [0.1, 0.15) is 10.4 Å². The number of aromatic nitrogens is 1. The third-order valence-electron chi connectivity index (χ3n) is 2.46. The number of amides is 1. The lowest BCUT2D eigenvalue weighted by Gasteiger charge is -2.06. The molecular formula is C12H6BrCl2N3O3. The van der Waals surface area contributed by atoms with Crippen LogP contribution in [0.5, 0.6) is 0 Å². The summed E-state index contributed by atoms with van der Waals surface area (Å²) < 4.78 is 0.493. The van der Waals surface area contributed by atoms with Crippen molar-refractivity contribution in [3.63, 3.8) is 0 Å². The number of carbonyl (C=O) groups is 1. The fourth-order valence-electron chi connectivity index (χ4n) is 1.54. The van der Waals surface area contributed by atoms with Gasteiger partial charge in [-0.1, -0.05) is 23.2 Å². The van der Waals surface area contributed by atoms with Crippen LogP contribution in [0.2, 0.25) is 10.2 Å². The summed E-state index contributed by atoms with van der Waals surface area (Å²) in [4.78, 5) is 26.2. The predicted octanol–water partition coefficient (Wildman–Crippen LogP) is 4.31. The van der Waals surface area contributed by atoms with Gasteiger partial charge in [-0.3, -0.25) is 14.9 Å². The number of nitro groups is 1. The van der Waals surface area contributed by atoms with E-state index in [2.05, 4.69) is 26.2 Å². The minimum Gasteiger partial charge on any atom is -0.320 e. The smallest absolute Gasteiger partial charge is 0.283 e. The van der Waals surface area contributed by atoms with Crippen molar-refractivity contribution in [2.24, 2.45) is 0 Å². The number of halogens is 3. The standard InChI is InChI=1S/C12H6BrCl2N3O3/c13-9-4-7(5-16-11(9)15)17-12(19)8-2-1-6(14)3-10(8)18(20)21/h1-5H,(H,17,19). The number of nitro benzene ring substituents is 1. The van der Waals surface area contributed by atoms with Gasteiger partial charge in [0.1, 0.15) is 10.7 Å². The molecule has 0 aliphatic carbocycles. The third kappa shape index (κ3) is 3.69. The maximum atomic E-state index is 12.1. The maximum absolute atomic E-state index is 12.1. The summed E-state index contributed by atoms with van der Waals surface area (Å²) in [6.07, 6.45) is 1.34. The Morgan fingerprint density at radius 3 is 2.67 bits per heavy atom. The average Bonchev–Trinajstić information content (AvgIpc) is 2.42. The van der Waals surface area contributed by atoms with Crippen LogP contribution in [0, 0.1) is 10.1 Å². The summed E-state index contributed by atoms with van der Waals surface area (Å²) in [6, 6.07) is 5.34. The zero-order valence-electron chi connectivity index (χ0n) is 10.1. The van der Waals surface area contributed by atoms with Gasteiger partial charge >= 0.3 is 0 Å². The summed E-state index contributed by atoms with van der Waals surface area (Å²) in [7, 11) is 0. The number of benzene rings is 1. The van der Waals surface area contributed by atoms with Gasteiger partial charge in [0, 0.05) is 11.1 Å². The Morgan fingerprint density at radius 1 is 1.33 bits per heavy atom. The number of rotatable bonds is 3. The first-order chi connectivity index (χ1) is 9.88. The molecule has 0 bridgehead atoms. The van der Waals surface area contributed by atoms with Gasteiger partial charge in [-0.2, -0.15) is 0 Å². The summed E-state index contributed by atoms with van der Waals surface area (Å²) in [5.74, 6) is -0.644. The number of nitrogens with one attached hydrogen (secondary N) is 1. The van der Waals surface area contributed by atoms with Crippen molar-refractivity contribution in [2.45, 2.75) is 0 Å². The molecule has 0 unspecified atom stereocenters. The van der Waals surface area contributed by atoms with E-state index in [4.69, 9.17) is 23.2 Å². The van der Waals surface area contributed by atoms with Crippen molar-refractivity contribution >= 4 is 56.4 Å². The Hall–Kier alpha value is -1.70. The molecule has 0 aliphatic rings. The van der Waals surface area contributed by atoms with Crippen LogP contribution in [0.4, 0.5) is 11.4 Å². The molecule has 1 aromatic carbocycles. The lowest BCUT2D eigenvalue weighted by atomic mass is 10.1. The van der Waals surface area contributed by atoms with Crippen molar-refractivity contribution in [3.05, 3.63) is 60.8 Å². The molecule has 2 rings (SSSR count). The van der Waals surface area contributed by atoms with E-state index in [1.807, 2.05) is 0 Å². The molecule has 6 nitrogen and oxygen atoms in total. The van der Waals surface area contributed by atoms with Crippen LogP contribution in [0.3, 0.4) is 0 Å². The molecule has 1 heterocycles. The Bertz CT molecular complexity index is 740. The highest BCUT2D eigenvalue weighted by Gasteiger charge is 2.20. The minimum absolute atomic E-state index is 0.101. The monoisotopic (exact) mass is 389 g/mol. The van der Waals surface area contributed by atoms with Crippen molar-refractivity contribution in [1.29, 1.82) is 0 Å². The molecule has 2 aromatic rings.